The molecule has 0 atom stereocenters. The van der Waals surface area contributed by atoms with Gasteiger partial charge in [-0.25, -0.2) is 4.90 Å². The molecule has 6 heteroatoms. The number of anilines is 2. The molecule has 0 radical (unpaired) electrons. The average molecular weight is 404 g/mol. The normalized spacial score (nSPS) is 14.0. The summed E-state index contributed by atoms with van der Waals surface area (Å²) in [6.45, 7) is 3.89. The quantitative estimate of drug-likeness (QED) is 0.623. The van der Waals surface area contributed by atoms with E-state index in [0.717, 1.165) is 16.0 Å². The maximum Gasteiger partial charge on any atom is 0.282 e. The second-order valence-corrected chi connectivity index (χ2v) is 7.70. The summed E-state index contributed by atoms with van der Waals surface area (Å²) in [5.74, 6) is -0.0251. The number of nitrogens with zero attached hydrogens (tertiary/aromatic N) is 1. The van der Waals surface area contributed by atoms with Crippen molar-refractivity contribution in [1.82, 2.24) is 0 Å². The highest BCUT2D eigenvalue weighted by Crippen LogP contribution is 2.37. The number of rotatable bonds is 5. The number of nitrogens with one attached hydrogen (secondary N) is 1. The number of carbonyl (C=O) groups is 2. The molecule has 3 aromatic rings. The summed E-state index contributed by atoms with van der Waals surface area (Å²) in [5.41, 5.74) is 3.87. The molecule has 2 aromatic carbocycles. The van der Waals surface area contributed by atoms with Gasteiger partial charge >= 0.3 is 0 Å². The van der Waals surface area contributed by atoms with Gasteiger partial charge in [0.05, 0.1) is 18.4 Å². The molecule has 29 heavy (non-hydrogen) atoms. The van der Waals surface area contributed by atoms with Gasteiger partial charge in [0.2, 0.25) is 0 Å². The van der Waals surface area contributed by atoms with Gasteiger partial charge in [0.1, 0.15) is 11.4 Å². The third kappa shape index (κ3) is 3.32. The minimum atomic E-state index is -0.366. The Morgan fingerprint density at radius 1 is 0.966 bits per heavy atom. The van der Waals surface area contributed by atoms with Crippen molar-refractivity contribution in [3.8, 4) is 5.75 Å². The molecule has 0 unspecified atom stereocenters. The van der Waals surface area contributed by atoms with E-state index in [4.69, 9.17) is 4.74 Å². The van der Waals surface area contributed by atoms with E-state index in [1.54, 1.807) is 19.2 Å². The van der Waals surface area contributed by atoms with Crippen molar-refractivity contribution in [2.45, 2.75) is 13.8 Å². The summed E-state index contributed by atoms with van der Waals surface area (Å²) < 4.78 is 5.27. The zero-order chi connectivity index (χ0) is 20.5. The highest BCUT2D eigenvalue weighted by molar-refractivity contribution is 7.11. The minimum absolute atomic E-state index is 0.270. The number of benzene rings is 2. The lowest BCUT2D eigenvalue weighted by Gasteiger charge is -2.19. The van der Waals surface area contributed by atoms with Gasteiger partial charge in [0, 0.05) is 16.6 Å². The molecule has 1 aromatic heterocycles. The SMILES string of the molecule is COc1cccc(NC2=C(c3cccs3)C(=O)N(c3cccc(C)c3C)C2=O)c1. The van der Waals surface area contributed by atoms with Crippen LogP contribution in [-0.2, 0) is 9.59 Å². The van der Waals surface area contributed by atoms with Crippen LogP contribution in [0.2, 0.25) is 0 Å². The highest BCUT2D eigenvalue weighted by Gasteiger charge is 2.41. The van der Waals surface area contributed by atoms with E-state index in [-0.39, 0.29) is 17.5 Å². The van der Waals surface area contributed by atoms with E-state index in [1.165, 1.54) is 16.2 Å². The first-order valence-electron chi connectivity index (χ1n) is 9.15. The molecule has 5 nitrogen and oxygen atoms in total. The molecule has 1 aliphatic rings. The molecule has 2 amide bonds. The lowest BCUT2D eigenvalue weighted by molar-refractivity contribution is -0.120. The summed E-state index contributed by atoms with van der Waals surface area (Å²) >= 11 is 1.43. The zero-order valence-corrected chi connectivity index (χ0v) is 17.2. The number of thiophene rings is 1. The summed E-state index contributed by atoms with van der Waals surface area (Å²) in [4.78, 5) is 28.8. The predicted octanol–water partition coefficient (Wildman–Crippen LogP) is 4.77. The molecule has 4 rings (SSSR count). The number of methoxy groups -OCH3 is 1. The van der Waals surface area contributed by atoms with Crippen LogP contribution >= 0.6 is 11.3 Å². The van der Waals surface area contributed by atoms with Crippen LogP contribution < -0.4 is 15.0 Å². The van der Waals surface area contributed by atoms with Crippen LogP contribution in [-0.4, -0.2) is 18.9 Å². The predicted molar refractivity (Wildman–Crippen MR) is 116 cm³/mol. The molecule has 0 fully saturated rings. The fraction of sp³-hybridized carbons (Fsp3) is 0.130. The van der Waals surface area contributed by atoms with Crippen LogP contribution in [0.25, 0.3) is 5.57 Å². The van der Waals surface area contributed by atoms with Crippen molar-refractivity contribution in [2.75, 3.05) is 17.3 Å². The Labute approximate surface area is 173 Å². The average Bonchev–Trinajstić information content (AvgIpc) is 3.32. The first kappa shape index (κ1) is 19.0. The topological polar surface area (TPSA) is 58.6 Å². The number of aryl methyl sites for hydroxylation is 1. The number of hydrogen-bond acceptors (Lipinski definition) is 5. The minimum Gasteiger partial charge on any atom is -0.497 e. The number of imide groups is 1. The van der Waals surface area contributed by atoms with Gasteiger partial charge in [-0.15, -0.1) is 11.3 Å². The van der Waals surface area contributed by atoms with Crippen molar-refractivity contribution in [3.05, 3.63) is 81.7 Å². The molecule has 0 saturated carbocycles. The third-order valence-electron chi connectivity index (χ3n) is 5.01. The lowest BCUT2D eigenvalue weighted by Crippen LogP contribution is -2.33. The highest BCUT2D eigenvalue weighted by atomic mass is 32.1. The number of hydrogen-bond donors (Lipinski definition) is 1. The van der Waals surface area contributed by atoms with E-state index in [2.05, 4.69) is 5.32 Å². The Morgan fingerprint density at radius 3 is 2.48 bits per heavy atom. The van der Waals surface area contributed by atoms with Crippen LogP contribution in [0, 0.1) is 13.8 Å². The first-order chi connectivity index (χ1) is 14.0. The van der Waals surface area contributed by atoms with Crippen molar-refractivity contribution in [2.24, 2.45) is 0 Å². The van der Waals surface area contributed by atoms with Crippen molar-refractivity contribution < 1.29 is 14.3 Å². The molecular formula is C23H20N2O3S. The Hall–Kier alpha value is -3.38. The largest absolute Gasteiger partial charge is 0.497 e. The zero-order valence-electron chi connectivity index (χ0n) is 16.4. The monoisotopic (exact) mass is 404 g/mol. The van der Waals surface area contributed by atoms with Crippen LogP contribution in [0.4, 0.5) is 11.4 Å². The number of amides is 2. The first-order valence-corrected chi connectivity index (χ1v) is 10.0. The maximum absolute atomic E-state index is 13.4. The Balaban J connectivity index is 1.82. The smallest absolute Gasteiger partial charge is 0.282 e. The fourth-order valence-corrected chi connectivity index (χ4v) is 4.10. The maximum atomic E-state index is 13.4. The van der Waals surface area contributed by atoms with E-state index < -0.39 is 0 Å². The van der Waals surface area contributed by atoms with Crippen molar-refractivity contribution in [1.29, 1.82) is 0 Å². The fourth-order valence-electron chi connectivity index (χ4n) is 3.34. The summed E-state index contributed by atoms with van der Waals surface area (Å²) in [6.07, 6.45) is 0. The van der Waals surface area contributed by atoms with E-state index in [0.29, 0.717) is 22.7 Å². The molecule has 0 bridgehead atoms. The van der Waals surface area contributed by atoms with Crippen LogP contribution in [0.5, 0.6) is 5.75 Å². The van der Waals surface area contributed by atoms with Crippen LogP contribution in [0.15, 0.2) is 65.7 Å². The van der Waals surface area contributed by atoms with Gasteiger partial charge in [-0.2, -0.15) is 0 Å². The molecule has 0 spiro atoms. The van der Waals surface area contributed by atoms with Gasteiger partial charge < -0.3 is 10.1 Å². The van der Waals surface area contributed by atoms with Crippen molar-refractivity contribution in [3.63, 3.8) is 0 Å². The number of carbonyl (C=O) groups excluding carboxylic acids is 2. The molecule has 0 saturated heterocycles. The molecule has 2 heterocycles. The lowest BCUT2D eigenvalue weighted by atomic mass is 10.1. The Bertz CT molecular complexity index is 1130. The third-order valence-corrected chi connectivity index (χ3v) is 5.89. The summed E-state index contributed by atoms with van der Waals surface area (Å²) in [6, 6.07) is 16.6. The van der Waals surface area contributed by atoms with Gasteiger partial charge in [0.15, 0.2) is 0 Å². The molecule has 0 aliphatic carbocycles. The van der Waals surface area contributed by atoms with E-state index >= 15 is 0 Å². The molecule has 1 aliphatic heterocycles. The van der Waals surface area contributed by atoms with Crippen LogP contribution in [0.3, 0.4) is 0 Å². The second kappa shape index (κ2) is 7.56. The number of ether oxygens (including phenoxy) is 1. The second-order valence-electron chi connectivity index (χ2n) is 6.75. The summed E-state index contributed by atoms with van der Waals surface area (Å²) in [5, 5.41) is 5.05. The van der Waals surface area contributed by atoms with E-state index in [9.17, 15) is 9.59 Å². The van der Waals surface area contributed by atoms with Gasteiger partial charge in [-0.1, -0.05) is 24.3 Å². The molecular weight excluding hydrogens is 384 g/mol. The standard InChI is InChI=1S/C23H20N2O3S/c1-14-7-4-10-18(15(14)2)25-22(26)20(19-11-6-12-29-19)21(23(25)27)24-16-8-5-9-17(13-16)28-3/h4-13,24H,1-3H3. The van der Waals surface area contributed by atoms with Gasteiger partial charge in [-0.3, -0.25) is 9.59 Å². The van der Waals surface area contributed by atoms with E-state index in [1.807, 2.05) is 61.7 Å². The van der Waals surface area contributed by atoms with Crippen LogP contribution in [0.1, 0.15) is 16.0 Å². The Morgan fingerprint density at radius 2 is 1.76 bits per heavy atom. The van der Waals surface area contributed by atoms with Gasteiger partial charge in [0.25, 0.3) is 11.8 Å². The summed E-state index contributed by atoms with van der Waals surface area (Å²) in [7, 11) is 1.59. The van der Waals surface area contributed by atoms with Gasteiger partial charge in [-0.05, 0) is 54.6 Å². The molecule has 1 N–H and O–H groups in total. The molecule has 146 valence electrons. The Kier molecular flexibility index (Phi) is 4.94. The van der Waals surface area contributed by atoms with Crippen molar-refractivity contribution >= 4 is 40.1 Å².